The van der Waals surface area contributed by atoms with Crippen molar-refractivity contribution in [2.75, 3.05) is 0 Å². The predicted molar refractivity (Wildman–Crippen MR) is 77.0 cm³/mol. The summed E-state index contributed by atoms with van der Waals surface area (Å²) in [7, 11) is 0. The molecule has 0 aliphatic heterocycles. The molecule has 2 heterocycles. The summed E-state index contributed by atoms with van der Waals surface area (Å²) in [4.78, 5) is 19.8. The van der Waals surface area contributed by atoms with Gasteiger partial charge in [-0.1, -0.05) is 0 Å². The molecule has 0 atom stereocenters. The van der Waals surface area contributed by atoms with E-state index in [0.717, 1.165) is 0 Å². The van der Waals surface area contributed by atoms with E-state index in [0.29, 0.717) is 17.8 Å². The molecule has 2 aromatic heterocycles. The van der Waals surface area contributed by atoms with Gasteiger partial charge in [-0.15, -0.1) is 0 Å². The highest BCUT2D eigenvalue weighted by Crippen LogP contribution is 2.44. The van der Waals surface area contributed by atoms with Gasteiger partial charge in [-0.2, -0.15) is 8.78 Å². The molecule has 0 aromatic carbocycles. The standard InChI is InChI=1S/C15H16F2N4O2/c16-15(17,14(23)3-1-4-14)13(22)20-9-11-2-5-19-12(8-11)21-7-6-18-10-21/h2,5-8,10,23H,1,3-4,9H2,(H,20,22). The quantitative estimate of drug-likeness (QED) is 0.873. The topological polar surface area (TPSA) is 80.0 Å². The number of hydrogen-bond acceptors (Lipinski definition) is 4. The summed E-state index contributed by atoms with van der Waals surface area (Å²) in [6.45, 7) is -0.0747. The monoisotopic (exact) mass is 322 g/mol. The molecule has 8 heteroatoms. The van der Waals surface area contributed by atoms with Crippen molar-refractivity contribution in [3.8, 4) is 5.82 Å². The molecule has 0 bridgehead atoms. The maximum atomic E-state index is 14.0. The highest BCUT2D eigenvalue weighted by Gasteiger charge is 2.61. The van der Waals surface area contributed by atoms with Gasteiger partial charge in [-0.25, -0.2) is 9.97 Å². The van der Waals surface area contributed by atoms with Gasteiger partial charge < -0.3 is 10.4 Å². The first-order valence-corrected chi connectivity index (χ1v) is 7.24. The number of carbonyl (C=O) groups is 1. The van der Waals surface area contributed by atoms with E-state index in [1.807, 2.05) is 0 Å². The summed E-state index contributed by atoms with van der Waals surface area (Å²) >= 11 is 0. The lowest BCUT2D eigenvalue weighted by atomic mass is 9.75. The number of pyridine rings is 1. The second-order valence-electron chi connectivity index (χ2n) is 5.63. The molecule has 0 unspecified atom stereocenters. The van der Waals surface area contributed by atoms with E-state index in [9.17, 15) is 18.7 Å². The molecule has 23 heavy (non-hydrogen) atoms. The molecule has 2 N–H and O–H groups in total. The average molecular weight is 322 g/mol. The van der Waals surface area contributed by atoms with Crippen molar-refractivity contribution in [2.45, 2.75) is 37.3 Å². The number of nitrogens with one attached hydrogen (secondary N) is 1. The minimum absolute atomic E-state index is 0.0620. The Hall–Kier alpha value is -2.35. The van der Waals surface area contributed by atoms with Gasteiger partial charge in [-0.3, -0.25) is 9.36 Å². The number of halogens is 2. The third-order valence-corrected chi connectivity index (χ3v) is 4.08. The molecule has 122 valence electrons. The minimum Gasteiger partial charge on any atom is -0.383 e. The Morgan fingerprint density at radius 3 is 2.83 bits per heavy atom. The summed E-state index contributed by atoms with van der Waals surface area (Å²) in [5, 5.41) is 11.9. The molecule has 0 spiro atoms. The van der Waals surface area contributed by atoms with Crippen molar-refractivity contribution in [1.82, 2.24) is 19.9 Å². The largest absolute Gasteiger partial charge is 0.383 e. The molecule has 0 saturated heterocycles. The Labute approximate surface area is 131 Å². The number of aromatic nitrogens is 3. The number of carbonyl (C=O) groups excluding carboxylic acids is 1. The number of imidazole rings is 1. The number of aliphatic hydroxyl groups is 1. The Balaban J connectivity index is 1.66. The van der Waals surface area contributed by atoms with Crippen LogP contribution in [0.25, 0.3) is 5.82 Å². The normalized spacial score (nSPS) is 16.7. The highest BCUT2D eigenvalue weighted by atomic mass is 19.3. The SMILES string of the molecule is O=C(NCc1ccnc(-n2ccnc2)c1)C(F)(F)C1(O)CCC1. The molecule has 1 aliphatic carbocycles. The van der Waals surface area contributed by atoms with Crippen molar-refractivity contribution in [3.05, 3.63) is 42.6 Å². The number of alkyl halides is 2. The number of amides is 1. The molecule has 1 fully saturated rings. The number of nitrogens with zero attached hydrogens (tertiary/aromatic N) is 3. The molecule has 3 rings (SSSR count). The summed E-state index contributed by atoms with van der Waals surface area (Å²) in [6, 6.07) is 3.29. The zero-order valence-corrected chi connectivity index (χ0v) is 12.2. The summed E-state index contributed by atoms with van der Waals surface area (Å²) in [5.41, 5.74) is -1.59. The van der Waals surface area contributed by atoms with Gasteiger partial charge in [-0.05, 0) is 37.0 Å². The van der Waals surface area contributed by atoms with E-state index >= 15 is 0 Å². The maximum Gasteiger partial charge on any atom is 0.352 e. The Bertz CT molecular complexity index is 699. The van der Waals surface area contributed by atoms with E-state index in [1.54, 1.807) is 35.4 Å². The zero-order valence-electron chi connectivity index (χ0n) is 12.2. The van der Waals surface area contributed by atoms with Crippen molar-refractivity contribution in [1.29, 1.82) is 0 Å². The van der Waals surface area contributed by atoms with Crippen LogP contribution >= 0.6 is 0 Å². The van der Waals surface area contributed by atoms with Crippen LogP contribution in [-0.4, -0.2) is 37.1 Å². The van der Waals surface area contributed by atoms with Crippen LogP contribution in [-0.2, 0) is 11.3 Å². The van der Waals surface area contributed by atoms with Crippen LogP contribution in [0.1, 0.15) is 24.8 Å². The minimum atomic E-state index is -3.79. The summed E-state index contributed by atoms with van der Waals surface area (Å²) < 4.78 is 29.6. The molecule has 6 nitrogen and oxygen atoms in total. The number of hydrogen-bond donors (Lipinski definition) is 2. The van der Waals surface area contributed by atoms with Gasteiger partial charge in [0, 0.05) is 25.1 Å². The maximum absolute atomic E-state index is 14.0. The average Bonchev–Trinajstić information content (AvgIpc) is 3.04. The second-order valence-corrected chi connectivity index (χ2v) is 5.63. The summed E-state index contributed by atoms with van der Waals surface area (Å²) in [6.07, 6.45) is 6.75. The van der Waals surface area contributed by atoms with Crippen LogP contribution in [0.2, 0.25) is 0 Å². The van der Waals surface area contributed by atoms with Gasteiger partial charge in [0.25, 0.3) is 5.91 Å². The van der Waals surface area contributed by atoms with Gasteiger partial charge >= 0.3 is 5.92 Å². The third-order valence-electron chi connectivity index (χ3n) is 4.08. The van der Waals surface area contributed by atoms with Crippen LogP contribution in [0.15, 0.2) is 37.1 Å². The summed E-state index contributed by atoms with van der Waals surface area (Å²) in [5.74, 6) is -4.68. The van der Waals surface area contributed by atoms with Crippen LogP contribution in [0.5, 0.6) is 0 Å². The first-order valence-electron chi connectivity index (χ1n) is 7.24. The van der Waals surface area contributed by atoms with Crippen molar-refractivity contribution >= 4 is 5.91 Å². The second kappa shape index (κ2) is 5.69. The molecular formula is C15H16F2N4O2. The molecule has 1 saturated carbocycles. The van der Waals surface area contributed by atoms with Gasteiger partial charge in [0.15, 0.2) is 0 Å². The van der Waals surface area contributed by atoms with Gasteiger partial charge in [0.1, 0.15) is 17.7 Å². The van der Waals surface area contributed by atoms with Crippen molar-refractivity contribution in [3.63, 3.8) is 0 Å². The highest BCUT2D eigenvalue weighted by molar-refractivity contribution is 5.85. The Kier molecular flexibility index (Phi) is 3.85. The van der Waals surface area contributed by atoms with E-state index < -0.39 is 17.4 Å². The van der Waals surface area contributed by atoms with Gasteiger partial charge in [0.05, 0.1) is 0 Å². The fourth-order valence-corrected chi connectivity index (χ4v) is 2.44. The zero-order chi connectivity index (χ0) is 16.5. The number of rotatable bonds is 5. The molecule has 0 radical (unpaired) electrons. The van der Waals surface area contributed by atoms with E-state index in [-0.39, 0.29) is 19.4 Å². The van der Waals surface area contributed by atoms with Crippen LogP contribution in [0.3, 0.4) is 0 Å². The smallest absolute Gasteiger partial charge is 0.352 e. The molecular weight excluding hydrogens is 306 g/mol. The molecule has 1 amide bonds. The molecule has 1 aliphatic rings. The lowest BCUT2D eigenvalue weighted by molar-refractivity contribution is -0.216. The Morgan fingerprint density at radius 2 is 2.22 bits per heavy atom. The van der Waals surface area contributed by atoms with Crippen LogP contribution < -0.4 is 5.32 Å². The Morgan fingerprint density at radius 1 is 1.43 bits per heavy atom. The first kappa shape index (κ1) is 15.5. The lowest BCUT2D eigenvalue weighted by Gasteiger charge is -2.41. The van der Waals surface area contributed by atoms with E-state index in [2.05, 4.69) is 15.3 Å². The first-order chi connectivity index (χ1) is 10.9. The third kappa shape index (κ3) is 2.81. The fourth-order valence-electron chi connectivity index (χ4n) is 2.44. The fraction of sp³-hybridized carbons (Fsp3) is 0.400. The van der Waals surface area contributed by atoms with Crippen LogP contribution in [0, 0.1) is 0 Å². The molecule has 2 aromatic rings. The van der Waals surface area contributed by atoms with Crippen LogP contribution in [0.4, 0.5) is 8.78 Å². The van der Waals surface area contributed by atoms with E-state index in [4.69, 9.17) is 0 Å². The van der Waals surface area contributed by atoms with Gasteiger partial charge in [0.2, 0.25) is 0 Å². The van der Waals surface area contributed by atoms with Crippen molar-refractivity contribution in [2.24, 2.45) is 0 Å². The van der Waals surface area contributed by atoms with Crippen molar-refractivity contribution < 1.29 is 18.7 Å². The predicted octanol–water partition coefficient (Wildman–Crippen LogP) is 1.43. The lowest BCUT2D eigenvalue weighted by Crippen LogP contribution is -2.60. The van der Waals surface area contributed by atoms with E-state index in [1.165, 1.54) is 6.20 Å².